The van der Waals surface area contributed by atoms with Gasteiger partial charge in [0.25, 0.3) is 0 Å². The first kappa shape index (κ1) is 12.1. The van der Waals surface area contributed by atoms with Gasteiger partial charge in [-0.15, -0.1) is 0 Å². The summed E-state index contributed by atoms with van der Waals surface area (Å²) in [6.07, 6.45) is 5.38. The normalized spacial score (nSPS) is 35.9. The van der Waals surface area contributed by atoms with E-state index in [9.17, 15) is 4.79 Å². The standard InChI is InChI=1S/C13H23NO2/c1-10-2-4-11(5-3-10)13(15)8-12-9-14-6-7-16-12/h10-12,14H,2-9H2,1H3. The SMILES string of the molecule is CC1CCC(C(=O)CC2CNCCO2)CC1. The third kappa shape index (κ3) is 3.29. The average molecular weight is 225 g/mol. The molecule has 1 heterocycles. The molecule has 1 atom stereocenters. The molecule has 2 fully saturated rings. The van der Waals surface area contributed by atoms with Gasteiger partial charge in [0.1, 0.15) is 5.78 Å². The topological polar surface area (TPSA) is 38.3 Å². The monoisotopic (exact) mass is 225 g/mol. The van der Waals surface area contributed by atoms with Gasteiger partial charge in [0.15, 0.2) is 0 Å². The molecule has 16 heavy (non-hydrogen) atoms. The minimum atomic E-state index is 0.126. The van der Waals surface area contributed by atoms with Crippen LogP contribution in [0, 0.1) is 11.8 Å². The van der Waals surface area contributed by atoms with Gasteiger partial charge in [0.05, 0.1) is 12.7 Å². The highest BCUT2D eigenvalue weighted by molar-refractivity contribution is 5.81. The molecule has 2 rings (SSSR count). The van der Waals surface area contributed by atoms with Gasteiger partial charge < -0.3 is 10.1 Å². The molecule has 2 aliphatic rings. The van der Waals surface area contributed by atoms with E-state index in [2.05, 4.69) is 12.2 Å². The Labute approximate surface area is 97.9 Å². The molecular formula is C13H23NO2. The second-order valence-electron chi connectivity index (χ2n) is 5.32. The number of rotatable bonds is 3. The highest BCUT2D eigenvalue weighted by Crippen LogP contribution is 2.29. The van der Waals surface area contributed by atoms with Crippen LogP contribution in [0.4, 0.5) is 0 Å². The number of hydrogen-bond donors (Lipinski definition) is 1. The molecule has 1 N–H and O–H groups in total. The fourth-order valence-corrected chi connectivity index (χ4v) is 2.72. The second kappa shape index (κ2) is 5.78. The number of ketones is 1. The van der Waals surface area contributed by atoms with Crippen molar-refractivity contribution in [1.29, 1.82) is 0 Å². The quantitative estimate of drug-likeness (QED) is 0.795. The van der Waals surface area contributed by atoms with Gasteiger partial charge in [-0.05, 0) is 18.8 Å². The van der Waals surface area contributed by atoms with Crippen LogP contribution in [0.1, 0.15) is 39.0 Å². The van der Waals surface area contributed by atoms with Crippen LogP contribution in [-0.2, 0) is 9.53 Å². The molecule has 0 aromatic carbocycles. The Bertz CT molecular complexity index is 228. The van der Waals surface area contributed by atoms with Crippen LogP contribution >= 0.6 is 0 Å². The van der Waals surface area contributed by atoms with E-state index in [-0.39, 0.29) is 6.10 Å². The summed E-state index contributed by atoms with van der Waals surface area (Å²) in [6, 6.07) is 0. The molecule has 92 valence electrons. The van der Waals surface area contributed by atoms with E-state index in [1.54, 1.807) is 0 Å². The van der Waals surface area contributed by atoms with Crippen molar-refractivity contribution in [3.8, 4) is 0 Å². The maximum atomic E-state index is 12.1. The molecule has 0 aromatic rings. The van der Waals surface area contributed by atoms with Gasteiger partial charge >= 0.3 is 0 Å². The number of hydrogen-bond acceptors (Lipinski definition) is 3. The molecule has 3 nitrogen and oxygen atoms in total. The van der Waals surface area contributed by atoms with Crippen LogP contribution < -0.4 is 5.32 Å². The van der Waals surface area contributed by atoms with E-state index in [0.717, 1.165) is 38.5 Å². The summed E-state index contributed by atoms with van der Waals surface area (Å²) in [4.78, 5) is 12.1. The zero-order valence-corrected chi connectivity index (χ0v) is 10.2. The van der Waals surface area contributed by atoms with Gasteiger partial charge in [-0.25, -0.2) is 0 Å². The summed E-state index contributed by atoms with van der Waals surface area (Å²) in [7, 11) is 0. The zero-order chi connectivity index (χ0) is 11.4. The van der Waals surface area contributed by atoms with Crippen molar-refractivity contribution < 1.29 is 9.53 Å². The predicted octanol–water partition coefficient (Wildman–Crippen LogP) is 1.76. The molecule has 0 amide bonds. The molecular weight excluding hydrogens is 202 g/mol. The summed E-state index contributed by atoms with van der Waals surface area (Å²) in [5, 5.41) is 3.27. The van der Waals surface area contributed by atoms with Crippen LogP contribution in [0.2, 0.25) is 0 Å². The number of morpholine rings is 1. The van der Waals surface area contributed by atoms with Crippen molar-refractivity contribution in [3.05, 3.63) is 0 Å². The van der Waals surface area contributed by atoms with Crippen molar-refractivity contribution in [2.45, 2.75) is 45.1 Å². The number of carbonyl (C=O) groups excluding carboxylic acids is 1. The fraction of sp³-hybridized carbons (Fsp3) is 0.923. The van der Waals surface area contributed by atoms with E-state index in [1.807, 2.05) is 0 Å². The molecule has 1 aliphatic carbocycles. The van der Waals surface area contributed by atoms with Gasteiger partial charge in [-0.2, -0.15) is 0 Å². The van der Waals surface area contributed by atoms with Crippen molar-refractivity contribution in [3.63, 3.8) is 0 Å². The number of carbonyl (C=O) groups is 1. The van der Waals surface area contributed by atoms with Crippen molar-refractivity contribution in [2.75, 3.05) is 19.7 Å². The number of nitrogens with one attached hydrogen (secondary N) is 1. The first-order valence-corrected chi connectivity index (χ1v) is 6.60. The van der Waals surface area contributed by atoms with Gasteiger partial charge in [-0.1, -0.05) is 19.8 Å². The van der Waals surface area contributed by atoms with Crippen LogP contribution in [-0.4, -0.2) is 31.6 Å². The zero-order valence-electron chi connectivity index (χ0n) is 10.2. The maximum absolute atomic E-state index is 12.1. The Hall–Kier alpha value is -0.410. The van der Waals surface area contributed by atoms with Crippen LogP contribution in [0.25, 0.3) is 0 Å². The molecule has 0 bridgehead atoms. The van der Waals surface area contributed by atoms with E-state index < -0.39 is 0 Å². The van der Waals surface area contributed by atoms with E-state index in [4.69, 9.17) is 4.74 Å². The Balaban J connectivity index is 1.74. The lowest BCUT2D eigenvalue weighted by atomic mass is 9.80. The molecule has 0 spiro atoms. The van der Waals surface area contributed by atoms with Crippen LogP contribution in [0.15, 0.2) is 0 Å². The minimum Gasteiger partial charge on any atom is -0.375 e. The summed E-state index contributed by atoms with van der Waals surface area (Å²) in [5.74, 6) is 1.57. The van der Waals surface area contributed by atoms with Crippen LogP contribution in [0.5, 0.6) is 0 Å². The van der Waals surface area contributed by atoms with E-state index in [0.29, 0.717) is 18.1 Å². The molecule has 1 aliphatic heterocycles. The fourth-order valence-electron chi connectivity index (χ4n) is 2.72. The lowest BCUT2D eigenvalue weighted by Gasteiger charge is -2.28. The Morgan fingerprint density at radius 3 is 2.69 bits per heavy atom. The van der Waals surface area contributed by atoms with Gasteiger partial charge in [0, 0.05) is 25.4 Å². The summed E-state index contributed by atoms with van der Waals surface area (Å²) < 4.78 is 5.58. The molecule has 0 aromatic heterocycles. The molecule has 0 radical (unpaired) electrons. The highest BCUT2D eigenvalue weighted by Gasteiger charge is 2.26. The van der Waals surface area contributed by atoms with Gasteiger partial charge in [0.2, 0.25) is 0 Å². The van der Waals surface area contributed by atoms with E-state index in [1.165, 1.54) is 12.8 Å². The minimum absolute atomic E-state index is 0.126. The van der Waals surface area contributed by atoms with Crippen molar-refractivity contribution in [1.82, 2.24) is 5.32 Å². The third-order valence-corrected chi connectivity index (χ3v) is 3.90. The maximum Gasteiger partial charge on any atom is 0.138 e. The average Bonchev–Trinajstić information content (AvgIpc) is 2.31. The molecule has 1 saturated carbocycles. The molecule has 1 unspecified atom stereocenters. The Morgan fingerprint density at radius 1 is 1.31 bits per heavy atom. The summed E-state index contributed by atoms with van der Waals surface area (Å²) in [5.41, 5.74) is 0. The van der Waals surface area contributed by atoms with Gasteiger partial charge in [-0.3, -0.25) is 4.79 Å². The lowest BCUT2D eigenvalue weighted by Crippen LogP contribution is -2.40. The van der Waals surface area contributed by atoms with Crippen LogP contribution in [0.3, 0.4) is 0 Å². The smallest absolute Gasteiger partial charge is 0.138 e. The highest BCUT2D eigenvalue weighted by atomic mass is 16.5. The predicted molar refractivity (Wildman–Crippen MR) is 63.4 cm³/mol. The Kier molecular flexibility index (Phi) is 4.36. The third-order valence-electron chi connectivity index (χ3n) is 3.90. The second-order valence-corrected chi connectivity index (χ2v) is 5.32. The number of ether oxygens (including phenoxy) is 1. The largest absolute Gasteiger partial charge is 0.375 e. The lowest BCUT2D eigenvalue weighted by molar-refractivity contribution is -0.127. The molecule has 1 saturated heterocycles. The summed E-state index contributed by atoms with van der Waals surface area (Å²) >= 11 is 0. The van der Waals surface area contributed by atoms with Crippen molar-refractivity contribution >= 4 is 5.78 Å². The first-order valence-electron chi connectivity index (χ1n) is 6.60. The van der Waals surface area contributed by atoms with E-state index >= 15 is 0 Å². The number of Topliss-reactive ketones (excluding diaryl/α,β-unsaturated/α-hetero) is 1. The van der Waals surface area contributed by atoms with Crippen molar-refractivity contribution in [2.24, 2.45) is 11.8 Å². The molecule has 3 heteroatoms. The first-order chi connectivity index (χ1) is 7.75. The Morgan fingerprint density at radius 2 is 2.06 bits per heavy atom. The summed E-state index contributed by atoms with van der Waals surface area (Å²) in [6.45, 7) is 4.80.